The number of likely N-dealkylation sites (N-methyl/N-ethyl adjacent to an activating group) is 1. The summed E-state index contributed by atoms with van der Waals surface area (Å²) in [4.78, 5) is 1.96. The van der Waals surface area contributed by atoms with Gasteiger partial charge in [0, 0.05) is 18.7 Å². The summed E-state index contributed by atoms with van der Waals surface area (Å²) < 4.78 is 49.6. The van der Waals surface area contributed by atoms with Crippen LogP contribution in [0.15, 0.2) is 41.3 Å². The van der Waals surface area contributed by atoms with Gasteiger partial charge in [0.25, 0.3) is 0 Å². The maximum atomic E-state index is 12.9. The van der Waals surface area contributed by atoms with Crippen molar-refractivity contribution >= 4 is 22.4 Å². The van der Waals surface area contributed by atoms with Crippen LogP contribution in [0.3, 0.4) is 0 Å². The molecule has 8 nitrogen and oxygen atoms in total. The zero-order chi connectivity index (χ0) is 20.3. The van der Waals surface area contributed by atoms with Crippen LogP contribution in [0.2, 0.25) is 0 Å². The van der Waals surface area contributed by atoms with E-state index in [1.165, 1.54) is 20.3 Å². The first-order chi connectivity index (χ1) is 13.4. The number of methoxy groups -OCH3 is 2. The summed E-state index contributed by atoms with van der Waals surface area (Å²) in [6.07, 6.45) is 0. The molecule has 1 atom stereocenters. The Labute approximate surface area is 177 Å². The third-order valence-corrected chi connectivity index (χ3v) is 5.98. The zero-order valence-electron chi connectivity index (χ0n) is 16.7. The number of sulfonamides is 1. The third kappa shape index (κ3) is 5.05. The van der Waals surface area contributed by atoms with Crippen molar-refractivity contribution < 1.29 is 27.4 Å². The first kappa shape index (κ1) is 23.1. The van der Waals surface area contributed by atoms with Crippen LogP contribution < -0.4 is 23.7 Å². The molecule has 0 saturated heterocycles. The SMILES string of the molecule is COc1ccc(OC)c(S(=O)(=O)NCC(c2ccc3c(c2)OCO3)N(C)C)c1.Cl. The van der Waals surface area contributed by atoms with Crippen LogP contribution in [0.1, 0.15) is 11.6 Å². The lowest BCUT2D eigenvalue weighted by atomic mass is 10.1. The van der Waals surface area contributed by atoms with Crippen molar-refractivity contribution in [1.29, 1.82) is 0 Å². The first-order valence-corrected chi connectivity index (χ1v) is 10.1. The highest BCUT2D eigenvalue weighted by atomic mass is 35.5. The van der Waals surface area contributed by atoms with Gasteiger partial charge in [-0.1, -0.05) is 6.07 Å². The minimum absolute atomic E-state index is 0. The first-order valence-electron chi connectivity index (χ1n) is 8.63. The van der Waals surface area contributed by atoms with Crippen molar-refractivity contribution in [2.45, 2.75) is 10.9 Å². The molecule has 1 aliphatic heterocycles. The maximum absolute atomic E-state index is 12.9. The summed E-state index contributed by atoms with van der Waals surface area (Å²) in [5.41, 5.74) is 0.912. The quantitative estimate of drug-likeness (QED) is 0.669. The van der Waals surface area contributed by atoms with E-state index in [2.05, 4.69) is 4.72 Å². The van der Waals surface area contributed by atoms with E-state index in [1.54, 1.807) is 12.1 Å². The van der Waals surface area contributed by atoms with Gasteiger partial charge in [-0.3, -0.25) is 0 Å². The number of rotatable bonds is 8. The van der Waals surface area contributed by atoms with Gasteiger partial charge in [-0.25, -0.2) is 13.1 Å². The van der Waals surface area contributed by atoms with E-state index in [0.717, 1.165) is 5.56 Å². The average molecular weight is 445 g/mol. The van der Waals surface area contributed by atoms with Gasteiger partial charge >= 0.3 is 0 Å². The minimum Gasteiger partial charge on any atom is -0.497 e. The Balaban J connectivity index is 0.00000300. The lowest BCUT2D eigenvalue weighted by molar-refractivity contribution is 0.174. The summed E-state index contributed by atoms with van der Waals surface area (Å²) in [5, 5.41) is 0. The molecule has 0 fully saturated rings. The lowest BCUT2D eigenvalue weighted by Crippen LogP contribution is -2.34. The van der Waals surface area contributed by atoms with Crippen molar-refractivity contribution in [2.24, 2.45) is 0 Å². The number of fused-ring (bicyclic) bond motifs is 1. The molecule has 2 aromatic rings. The van der Waals surface area contributed by atoms with Crippen molar-refractivity contribution in [3.8, 4) is 23.0 Å². The fraction of sp³-hybridized carbons (Fsp3) is 0.368. The van der Waals surface area contributed by atoms with E-state index >= 15 is 0 Å². The number of ether oxygens (including phenoxy) is 4. The van der Waals surface area contributed by atoms with Crippen molar-refractivity contribution in [3.05, 3.63) is 42.0 Å². The molecule has 1 heterocycles. The fourth-order valence-corrected chi connectivity index (χ4v) is 4.20. The molecule has 0 bridgehead atoms. The van der Waals surface area contributed by atoms with Gasteiger partial charge in [-0.05, 0) is 43.9 Å². The van der Waals surface area contributed by atoms with Gasteiger partial charge < -0.3 is 23.8 Å². The molecular formula is C19H25ClN2O6S. The van der Waals surface area contributed by atoms with Gasteiger partial charge in [0.1, 0.15) is 16.4 Å². The van der Waals surface area contributed by atoms with Crippen LogP contribution in [-0.4, -0.2) is 55.0 Å². The molecule has 0 spiro atoms. The molecule has 2 aromatic carbocycles. The Kier molecular flexibility index (Phi) is 7.59. The van der Waals surface area contributed by atoms with Crippen molar-refractivity contribution in [1.82, 2.24) is 9.62 Å². The normalized spacial score (nSPS) is 13.7. The van der Waals surface area contributed by atoms with Gasteiger partial charge in [0.05, 0.1) is 14.2 Å². The van der Waals surface area contributed by atoms with Crippen molar-refractivity contribution in [3.63, 3.8) is 0 Å². The topological polar surface area (TPSA) is 86.3 Å². The van der Waals surface area contributed by atoms with Crippen LogP contribution in [0.25, 0.3) is 0 Å². The van der Waals surface area contributed by atoms with E-state index in [-0.39, 0.29) is 42.4 Å². The average Bonchev–Trinajstić information content (AvgIpc) is 3.15. The summed E-state index contributed by atoms with van der Waals surface area (Å²) in [6, 6.07) is 10.0. The van der Waals surface area contributed by atoms with E-state index in [4.69, 9.17) is 18.9 Å². The van der Waals surface area contributed by atoms with E-state index < -0.39 is 10.0 Å². The second-order valence-electron chi connectivity index (χ2n) is 6.46. The highest BCUT2D eigenvalue weighted by Gasteiger charge is 2.25. The number of hydrogen-bond acceptors (Lipinski definition) is 7. The summed E-state index contributed by atoms with van der Waals surface area (Å²) >= 11 is 0. The smallest absolute Gasteiger partial charge is 0.244 e. The predicted molar refractivity (Wildman–Crippen MR) is 111 cm³/mol. The van der Waals surface area contributed by atoms with Crippen LogP contribution >= 0.6 is 12.4 Å². The molecule has 29 heavy (non-hydrogen) atoms. The molecule has 10 heteroatoms. The van der Waals surface area contributed by atoms with Gasteiger partial charge in [0.2, 0.25) is 16.8 Å². The standard InChI is InChI=1S/C19H24N2O6S.ClH/c1-21(2)15(13-5-7-16-18(9-13)27-12-26-16)11-20-28(22,23)19-10-14(24-3)6-8-17(19)25-4;/h5-10,15,20H,11-12H2,1-4H3;1H. The Morgan fingerprint density at radius 3 is 2.45 bits per heavy atom. The van der Waals surface area contributed by atoms with Gasteiger partial charge in [0.15, 0.2) is 11.5 Å². The largest absolute Gasteiger partial charge is 0.497 e. The van der Waals surface area contributed by atoms with Crippen molar-refractivity contribution in [2.75, 3.05) is 41.7 Å². The predicted octanol–water partition coefficient (Wildman–Crippen LogP) is 2.44. The molecule has 0 amide bonds. The Hall–Kier alpha value is -2.20. The minimum atomic E-state index is -3.82. The lowest BCUT2D eigenvalue weighted by Gasteiger charge is -2.25. The van der Waals surface area contributed by atoms with Gasteiger partial charge in [-0.15, -0.1) is 12.4 Å². The molecule has 160 valence electrons. The number of halogens is 1. The maximum Gasteiger partial charge on any atom is 0.244 e. The number of benzene rings is 2. The molecule has 0 radical (unpaired) electrons. The second-order valence-corrected chi connectivity index (χ2v) is 8.20. The van der Waals surface area contributed by atoms with Crippen LogP contribution in [0.4, 0.5) is 0 Å². The highest BCUT2D eigenvalue weighted by molar-refractivity contribution is 7.89. The molecule has 0 aliphatic carbocycles. The molecule has 1 aliphatic rings. The van der Waals surface area contributed by atoms with E-state index in [0.29, 0.717) is 17.2 Å². The Morgan fingerprint density at radius 2 is 1.79 bits per heavy atom. The molecule has 3 rings (SSSR count). The second kappa shape index (κ2) is 9.53. The monoisotopic (exact) mass is 444 g/mol. The molecule has 0 saturated carbocycles. The molecule has 1 N–H and O–H groups in total. The fourth-order valence-electron chi connectivity index (χ4n) is 2.98. The van der Waals surface area contributed by atoms with Crippen LogP contribution in [0, 0.1) is 0 Å². The third-order valence-electron chi connectivity index (χ3n) is 4.53. The zero-order valence-corrected chi connectivity index (χ0v) is 18.3. The number of hydrogen-bond donors (Lipinski definition) is 1. The Morgan fingerprint density at radius 1 is 1.07 bits per heavy atom. The number of nitrogens with zero attached hydrogens (tertiary/aromatic N) is 1. The summed E-state index contributed by atoms with van der Waals surface area (Å²) in [5.74, 6) is 2.02. The van der Waals surface area contributed by atoms with Crippen LogP contribution in [0.5, 0.6) is 23.0 Å². The molecular weight excluding hydrogens is 420 g/mol. The van der Waals surface area contributed by atoms with E-state index in [1.807, 2.05) is 37.2 Å². The van der Waals surface area contributed by atoms with Gasteiger partial charge in [-0.2, -0.15) is 0 Å². The van der Waals surface area contributed by atoms with Crippen LogP contribution in [-0.2, 0) is 10.0 Å². The Bertz CT molecular complexity index is 952. The highest BCUT2D eigenvalue weighted by Crippen LogP contribution is 2.35. The number of nitrogens with one attached hydrogen (secondary N) is 1. The van der Waals surface area contributed by atoms with E-state index in [9.17, 15) is 8.42 Å². The molecule has 1 unspecified atom stereocenters. The summed E-state index contributed by atoms with van der Waals surface area (Å²) in [6.45, 7) is 0.350. The summed E-state index contributed by atoms with van der Waals surface area (Å²) in [7, 11) is 2.85. The molecule has 0 aromatic heterocycles.